The molecule has 0 bridgehead atoms. The molecule has 0 aromatic heterocycles. The lowest BCUT2D eigenvalue weighted by molar-refractivity contribution is 0.000184. The van der Waals surface area contributed by atoms with Crippen molar-refractivity contribution in [3.05, 3.63) is 108 Å². The Bertz CT molecular complexity index is 1030. The normalized spacial score (nSPS) is 26.7. The molecule has 0 unspecified atom stereocenters. The molecule has 3 aromatic rings. The fraction of sp³-hybridized carbons (Fsp3) is 0.387. The van der Waals surface area contributed by atoms with Crippen LogP contribution in [0.2, 0.25) is 0 Å². The first-order valence-electron chi connectivity index (χ1n) is 12.7. The number of nitrogens with zero attached hydrogens (tertiary/aromatic N) is 1. The second-order valence-corrected chi connectivity index (χ2v) is 9.98. The van der Waals surface area contributed by atoms with Crippen LogP contribution in [0.4, 0.5) is 0 Å². The monoisotopic (exact) mass is 437 g/mol. The summed E-state index contributed by atoms with van der Waals surface area (Å²) in [6.07, 6.45) is 6.44. The number of piperidine rings is 1. The van der Waals surface area contributed by atoms with Crippen molar-refractivity contribution in [3.8, 4) is 0 Å². The summed E-state index contributed by atoms with van der Waals surface area (Å²) in [5, 5.41) is 0. The quantitative estimate of drug-likeness (QED) is 0.390. The molecule has 0 N–H and O–H groups in total. The van der Waals surface area contributed by atoms with E-state index >= 15 is 0 Å². The van der Waals surface area contributed by atoms with E-state index in [0.717, 1.165) is 12.1 Å². The summed E-state index contributed by atoms with van der Waals surface area (Å²) in [4.78, 5) is 16.7. The maximum atomic E-state index is 14.0. The molecule has 1 aliphatic heterocycles. The van der Waals surface area contributed by atoms with Gasteiger partial charge in [-0.1, -0.05) is 117 Å². The summed E-state index contributed by atoms with van der Waals surface area (Å²) in [6, 6.07) is 32.6. The van der Waals surface area contributed by atoms with E-state index in [0.29, 0.717) is 23.8 Å². The predicted molar refractivity (Wildman–Crippen MR) is 135 cm³/mol. The van der Waals surface area contributed by atoms with Crippen LogP contribution >= 0.6 is 0 Å². The highest BCUT2D eigenvalue weighted by Crippen LogP contribution is 2.49. The average molecular weight is 438 g/mol. The van der Waals surface area contributed by atoms with Gasteiger partial charge in [-0.15, -0.1) is 0 Å². The molecule has 1 aliphatic carbocycles. The molecule has 1 heterocycles. The van der Waals surface area contributed by atoms with Gasteiger partial charge in [0.1, 0.15) is 0 Å². The molecule has 0 amide bonds. The van der Waals surface area contributed by atoms with E-state index in [-0.39, 0.29) is 11.8 Å². The topological polar surface area (TPSA) is 20.3 Å². The second-order valence-electron chi connectivity index (χ2n) is 9.98. The summed E-state index contributed by atoms with van der Waals surface area (Å²) in [5.41, 5.74) is 3.53. The Morgan fingerprint density at radius 1 is 0.727 bits per heavy atom. The van der Waals surface area contributed by atoms with Gasteiger partial charge in [-0.3, -0.25) is 9.69 Å². The van der Waals surface area contributed by atoms with Gasteiger partial charge < -0.3 is 0 Å². The first-order chi connectivity index (χ1) is 16.2. The number of rotatable bonds is 5. The van der Waals surface area contributed by atoms with Crippen molar-refractivity contribution in [2.75, 3.05) is 6.54 Å². The zero-order valence-corrected chi connectivity index (χ0v) is 19.6. The second kappa shape index (κ2) is 10.1. The van der Waals surface area contributed by atoms with E-state index in [1.54, 1.807) is 0 Å². The lowest BCUT2D eigenvalue weighted by Gasteiger charge is -2.52. The van der Waals surface area contributed by atoms with Crippen molar-refractivity contribution in [1.29, 1.82) is 0 Å². The number of hydrogen-bond donors (Lipinski definition) is 0. The molecule has 2 fully saturated rings. The molecular formula is C31H35NO. The number of Topliss-reactive ketones (excluding diaryl/α,β-unsaturated/α-hetero) is 1. The summed E-state index contributed by atoms with van der Waals surface area (Å²) in [7, 11) is 0. The molecule has 4 atom stereocenters. The largest absolute Gasteiger partial charge is 0.294 e. The van der Waals surface area contributed by atoms with E-state index in [4.69, 9.17) is 0 Å². The maximum absolute atomic E-state index is 14.0. The van der Waals surface area contributed by atoms with Gasteiger partial charge in [0.25, 0.3) is 0 Å². The molecule has 170 valence electrons. The van der Waals surface area contributed by atoms with Gasteiger partial charge in [0.2, 0.25) is 0 Å². The highest BCUT2D eigenvalue weighted by atomic mass is 16.1. The molecule has 1 saturated heterocycles. The van der Waals surface area contributed by atoms with Crippen LogP contribution in [0.3, 0.4) is 0 Å². The average Bonchev–Trinajstić information content (AvgIpc) is 2.89. The number of likely N-dealkylation sites (tertiary alicyclic amines) is 1. The van der Waals surface area contributed by atoms with Crippen LogP contribution < -0.4 is 0 Å². The molecule has 5 rings (SSSR count). The Balaban J connectivity index is 1.59. The van der Waals surface area contributed by atoms with Gasteiger partial charge in [-0.2, -0.15) is 0 Å². The van der Waals surface area contributed by atoms with E-state index in [9.17, 15) is 4.79 Å². The minimum atomic E-state index is -0.0355. The number of benzene rings is 3. The van der Waals surface area contributed by atoms with E-state index < -0.39 is 0 Å². The van der Waals surface area contributed by atoms with Crippen LogP contribution in [0, 0.1) is 11.8 Å². The van der Waals surface area contributed by atoms with Gasteiger partial charge in [0.15, 0.2) is 5.78 Å². The van der Waals surface area contributed by atoms with Crippen LogP contribution in [-0.4, -0.2) is 23.3 Å². The number of ketones is 1. The Hall–Kier alpha value is -2.71. The zero-order chi connectivity index (χ0) is 22.6. The van der Waals surface area contributed by atoms with E-state index in [1.807, 2.05) is 30.3 Å². The number of carbonyl (C=O) groups excluding carboxylic acids is 1. The fourth-order valence-corrected chi connectivity index (χ4v) is 6.53. The molecule has 2 nitrogen and oxygen atoms in total. The SMILES string of the molecule is C[C@H]1[C@H](c2ccccc2)[C@H](C(=O)c2ccccc2)CN(C2CCCCC2)[C@@H]1c1ccccc1. The molecule has 2 heteroatoms. The minimum absolute atomic E-state index is 0.0355. The third-order valence-corrected chi connectivity index (χ3v) is 8.03. The minimum Gasteiger partial charge on any atom is -0.294 e. The van der Waals surface area contributed by atoms with Crippen molar-refractivity contribution in [3.63, 3.8) is 0 Å². The summed E-state index contributed by atoms with van der Waals surface area (Å²) in [6.45, 7) is 3.22. The third-order valence-electron chi connectivity index (χ3n) is 8.03. The van der Waals surface area contributed by atoms with Gasteiger partial charge >= 0.3 is 0 Å². The molecular weight excluding hydrogens is 402 g/mol. The lowest BCUT2D eigenvalue weighted by atomic mass is 9.66. The Morgan fingerprint density at radius 2 is 1.27 bits per heavy atom. The maximum Gasteiger partial charge on any atom is 0.167 e. The van der Waals surface area contributed by atoms with Crippen LogP contribution in [0.15, 0.2) is 91.0 Å². The third kappa shape index (κ3) is 4.54. The van der Waals surface area contributed by atoms with E-state index in [2.05, 4.69) is 72.5 Å². The van der Waals surface area contributed by atoms with Crippen molar-refractivity contribution < 1.29 is 4.79 Å². The van der Waals surface area contributed by atoms with Crippen LogP contribution in [0.1, 0.15) is 72.5 Å². The van der Waals surface area contributed by atoms with Gasteiger partial charge in [-0.25, -0.2) is 0 Å². The van der Waals surface area contributed by atoms with Gasteiger partial charge in [0.05, 0.1) is 0 Å². The first-order valence-corrected chi connectivity index (χ1v) is 12.7. The van der Waals surface area contributed by atoms with E-state index in [1.165, 1.54) is 43.2 Å². The smallest absolute Gasteiger partial charge is 0.167 e. The van der Waals surface area contributed by atoms with Crippen LogP contribution in [0.25, 0.3) is 0 Å². The van der Waals surface area contributed by atoms with Crippen LogP contribution in [0.5, 0.6) is 0 Å². The standard InChI is InChI=1S/C31H35NO/c1-23-29(24-14-6-2-7-15-24)28(31(33)26-18-10-4-11-19-26)22-32(27-20-12-5-13-21-27)30(23)25-16-8-3-9-17-25/h2-4,6-11,14-19,23,27-30H,5,12-13,20-22H2,1H3/t23-,28+,29+,30-/m0/s1. The number of hydrogen-bond acceptors (Lipinski definition) is 2. The van der Waals surface area contributed by atoms with Crippen molar-refractivity contribution >= 4 is 5.78 Å². The molecule has 33 heavy (non-hydrogen) atoms. The summed E-state index contributed by atoms with van der Waals surface area (Å²) >= 11 is 0. The summed E-state index contributed by atoms with van der Waals surface area (Å²) in [5.74, 6) is 0.794. The molecule has 0 radical (unpaired) electrons. The lowest BCUT2D eigenvalue weighted by Crippen LogP contribution is -2.53. The Morgan fingerprint density at radius 3 is 1.88 bits per heavy atom. The molecule has 3 aromatic carbocycles. The Kier molecular flexibility index (Phi) is 6.73. The number of carbonyl (C=O) groups is 1. The zero-order valence-electron chi connectivity index (χ0n) is 19.6. The fourth-order valence-electron chi connectivity index (χ4n) is 6.53. The van der Waals surface area contributed by atoms with Crippen molar-refractivity contribution in [2.45, 2.75) is 57.0 Å². The molecule has 0 spiro atoms. The van der Waals surface area contributed by atoms with Crippen LogP contribution in [-0.2, 0) is 0 Å². The highest BCUT2D eigenvalue weighted by molar-refractivity contribution is 5.98. The van der Waals surface area contributed by atoms with Crippen molar-refractivity contribution in [2.24, 2.45) is 11.8 Å². The molecule has 1 saturated carbocycles. The van der Waals surface area contributed by atoms with Crippen molar-refractivity contribution in [1.82, 2.24) is 4.90 Å². The van der Waals surface area contributed by atoms with Gasteiger partial charge in [-0.05, 0) is 35.8 Å². The predicted octanol–water partition coefficient (Wildman–Crippen LogP) is 7.30. The summed E-state index contributed by atoms with van der Waals surface area (Å²) < 4.78 is 0. The molecule has 2 aliphatic rings. The van der Waals surface area contributed by atoms with Gasteiger partial charge in [0, 0.05) is 30.1 Å². The highest BCUT2D eigenvalue weighted by Gasteiger charge is 2.47. The Labute approximate surface area is 198 Å². The first kappa shape index (κ1) is 22.1.